The van der Waals surface area contributed by atoms with Gasteiger partial charge in [-0.1, -0.05) is 12.1 Å². The SMILES string of the molecule is NNc1ccnc(C(=O)N2CCCOc3ccccc32)c1. The first-order chi connectivity index (χ1) is 10.3. The molecule has 0 radical (unpaired) electrons. The van der Waals surface area contributed by atoms with E-state index in [4.69, 9.17) is 10.6 Å². The van der Waals surface area contributed by atoms with Gasteiger partial charge in [0.1, 0.15) is 11.4 Å². The Balaban J connectivity index is 1.97. The van der Waals surface area contributed by atoms with Crippen LogP contribution in [0.5, 0.6) is 5.75 Å². The Morgan fingerprint density at radius 3 is 3.05 bits per heavy atom. The number of nitrogens with one attached hydrogen (secondary N) is 1. The van der Waals surface area contributed by atoms with Crippen LogP contribution in [0.1, 0.15) is 16.9 Å². The van der Waals surface area contributed by atoms with Crippen molar-refractivity contribution in [1.29, 1.82) is 0 Å². The maximum absolute atomic E-state index is 12.7. The molecule has 1 aromatic heterocycles. The molecule has 0 aliphatic carbocycles. The summed E-state index contributed by atoms with van der Waals surface area (Å²) in [6.07, 6.45) is 2.33. The molecular weight excluding hydrogens is 268 g/mol. The molecule has 0 atom stereocenters. The maximum atomic E-state index is 12.7. The van der Waals surface area contributed by atoms with Gasteiger partial charge in [0.15, 0.2) is 0 Å². The molecule has 2 aromatic rings. The number of carbonyl (C=O) groups is 1. The van der Waals surface area contributed by atoms with Crippen LogP contribution < -0.4 is 20.9 Å². The fourth-order valence-corrected chi connectivity index (χ4v) is 2.31. The number of rotatable bonds is 2. The molecule has 3 N–H and O–H groups in total. The lowest BCUT2D eigenvalue weighted by molar-refractivity contribution is 0.0982. The lowest BCUT2D eigenvalue weighted by atomic mass is 10.2. The molecule has 3 rings (SSSR count). The van der Waals surface area contributed by atoms with Crippen molar-refractivity contribution < 1.29 is 9.53 Å². The number of anilines is 2. The average molecular weight is 284 g/mol. The van der Waals surface area contributed by atoms with Crippen molar-refractivity contribution in [2.45, 2.75) is 6.42 Å². The fraction of sp³-hybridized carbons (Fsp3) is 0.200. The third-order valence-electron chi connectivity index (χ3n) is 3.33. The molecule has 6 heteroatoms. The second kappa shape index (κ2) is 5.80. The number of carbonyl (C=O) groups excluding carboxylic acids is 1. The molecule has 6 nitrogen and oxygen atoms in total. The number of amides is 1. The normalized spacial score (nSPS) is 13.9. The number of hydrazine groups is 1. The van der Waals surface area contributed by atoms with E-state index in [0.29, 0.717) is 24.5 Å². The van der Waals surface area contributed by atoms with Gasteiger partial charge < -0.3 is 15.1 Å². The van der Waals surface area contributed by atoms with Crippen molar-refractivity contribution in [3.8, 4) is 5.75 Å². The fourth-order valence-electron chi connectivity index (χ4n) is 2.31. The highest BCUT2D eigenvalue weighted by atomic mass is 16.5. The second-order valence-electron chi connectivity index (χ2n) is 4.70. The standard InChI is InChI=1S/C15H16N4O2/c16-18-11-6-7-17-12(10-11)15(20)19-8-3-9-21-14-5-2-1-4-13(14)19/h1-2,4-7,10H,3,8-9,16H2,(H,17,18). The van der Waals surface area contributed by atoms with E-state index >= 15 is 0 Å². The number of pyridine rings is 1. The number of fused-ring (bicyclic) bond motifs is 1. The van der Waals surface area contributed by atoms with Crippen LogP contribution in [0.2, 0.25) is 0 Å². The predicted molar refractivity (Wildman–Crippen MR) is 80.3 cm³/mol. The zero-order valence-corrected chi connectivity index (χ0v) is 11.5. The van der Waals surface area contributed by atoms with Crippen LogP contribution >= 0.6 is 0 Å². The lowest BCUT2D eigenvalue weighted by Crippen LogP contribution is -2.32. The van der Waals surface area contributed by atoms with Gasteiger partial charge in [0, 0.05) is 12.7 Å². The van der Waals surface area contributed by atoms with E-state index < -0.39 is 0 Å². The number of nitrogens with zero attached hydrogens (tertiary/aromatic N) is 2. The van der Waals surface area contributed by atoms with Crippen LogP contribution in [0.25, 0.3) is 0 Å². The van der Waals surface area contributed by atoms with Gasteiger partial charge in [0.05, 0.1) is 18.0 Å². The molecule has 0 spiro atoms. The molecule has 108 valence electrons. The third-order valence-corrected chi connectivity index (χ3v) is 3.33. The van der Waals surface area contributed by atoms with Gasteiger partial charge in [0.2, 0.25) is 0 Å². The summed E-state index contributed by atoms with van der Waals surface area (Å²) in [6, 6.07) is 10.9. The van der Waals surface area contributed by atoms with Gasteiger partial charge in [-0.2, -0.15) is 0 Å². The van der Waals surface area contributed by atoms with Gasteiger partial charge in [-0.15, -0.1) is 0 Å². The molecule has 21 heavy (non-hydrogen) atoms. The van der Waals surface area contributed by atoms with Gasteiger partial charge in [-0.25, -0.2) is 0 Å². The Morgan fingerprint density at radius 2 is 2.19 bits per heavy atom. The van der Waals surface area contributed by atoms with E-state index in [0.717, 1.165) is 17.9 Å². The summed E-state index contributed by atoms with van der Waals surface area (Å²) >= 11 is 0. The summed E-state index contributed by atoms with van der Waals surface area (Å²) in [5.41, 5.74) is 4.29. The van der Waals surface area contributed by atoms with Gasteiger partial charge in [-0.3, -0.25) is 15.6 Å². The molecule has 0 bridgehead atoms. The van der Waals surface area contributed by atoms with E-state index in [2.05, 4.69) is 10.4 Å². The number of nitrogens with two attached hydrogens (primary N) is 1. The van der Waals surface area contributed by atoms with E-state index in [1.807, 2.05) is 24.3 Å². The average Bonchev–Trinajstić information content (AvgIpc) is 2.76. The first-order valence-electron chi connectivity index (χ1n) is 6.76. The van der Waals surface area contributed by atoms with Gasteiger partial charge in [0.25, 0.3) is 5.91 Å². The summed E-state index contributed by atoms with van der Waals surface area (Å²) in [4.78, 5) is 18.6. The van der Waals surface area contributed by atoms with Gasteiger partial charge >= 0.3 is 0 Å². The molecule has 0 unspecified atom stereocenters. The Morgan fingerprint density at radius 1 is 1.33 bits per heavy atom. The summed E-state index contributed by atoms with van der Waals surface area (Å²) in [6.45, 7) is 1.19. The summed E-state index contributed by atoms with van der Waals surface area (Å²) < 4.78 is 5.66. The number of ether oxygens (including phenoxy) is 1. The predicted octanol–water partition coefficient (Wildman–Crippen LogP) is 1.80. The van der Waals surface area contributed by atoms with E-state index in [1.54, 1.807) is 23.2 Å². The van der Waals surface area contributed by atoms with Crippen molar-refractivity contribution >= 4 is 17.3 Å². The monoisotopic (exact) mass is 284 g/mol. The summed E-state index contributed by atoms with van der Waals surface area (Å²) in [5, 5.41) is 0. The first-order valence-corrected chi connectivity index (χ1v) is 6.76. The highest BCUT2D eigenvalue weighted by Gasteiger charge is 2.23. The highest BCUT2D eigenvalue weighted by molar-refractivity contribution is 6.06. The number of hydrogen-bond acceptors (Lipinski definition) is 5. The van der Waals surface area contributed by atoms with Crippen LogP contribution in [-0.4, -0.2) is 24.0 Å². The number of benzene rings is 1. The molecule has 0 fully saturated rings. The molecule has 0 saturated carbocycles. The number of para-hydroxylation sites is 2. The molecule has 1 aliphatic heterocycles. The van der Waals surface area contributed by atoms with E-state index in [1.165, 1.54) is 0 Å². The van der Waals surface area contributed by atoms with Crippen molar-refractivity contribution in [3.63, 3.8) is 0 Å². The largest absolute Gasteiger partial charge is 0.491 e. The number of hydrogen-bond donors (Lipinski definition) is 2. The number of aromatic nitrogens is 1. The van der Waals surface area contributed by atoms with Crippen molar-refractivity contribution in [2.75, 3.05) is 23.5 Å². The first kappa shape index (κ1) is 13.4. The lowest BCUT2D eigenvalue weighted by Gasteiger charge is -2.21. The van der Waals surface area contributed by atoms with E-state index in [9.17, 15) is 4.79 Å². The van der Waals surface area contributed by atoms with Crippen molar-refractivity contribution in [2.24, 2.45) is 5.84 Å². The minimum atomic E-state index is -0.162. The minimum absolute atomic E-state index is 0.162. The van der Waals surface area contributed by atoms with Crippen LogP contribution in [0, 0.1) is 0 Å². The molecule has 0 saturated heterocycles. The topological polar surface area (TPSA) is 80.5 Å². The third kappa shape index (κ3) is 2.66. The Kier molecular flexibility index (Phi) is 3.70. The summed E-state index contributed by atoms with van der Waals surface area (Å²) in [7, 11) is 0. The van der Waals surface area contributed by atoms with Crippen molar-refractivity contribution in [1.82, 2.24) is 4.98 Å². The quantitative estimate of drug-likeness (QED) is 0.649. The Labute approximate surface area is 122 Å². The molecule has 1 aliphatic rings. The Hall–Kier alpha value is -2.60. The maximum Gasteiger partial charge on any atom is 0.277 e. The van der Waals surface area contributed by atoms with Crippen LogP contribution in [0.3, 0.4) is 0 Å². The minimum Gasteiger partial charge on any atom is -0.491 e. The zero-order chi connectivity index (χ0) is 14.7. The zero-order valence-electron chi connectivity index (χ0n) is 11.5. The highest BCUT2D eigenvalue weighted by Crippen LogP contribution is 2.31. The summed E-state index contributed by atoms with van der Waals surface area (Å²) in [5.74, 6) is 5.93. The molecule has 2 heterocycles. The smallest absolute Gasteiger partial charge is 0.277 e. The Bertz CT molecular complexity index is 660. The van der Waals surface area contributed by atoms with Crippen molar-refractivity contribution in [3.05, 3.63) is 48.3 Å². The molecule has 1 aromatic carbocycles. The molecule has 1 amide bonds. The van der Waals surface area contributed by atoms with Crippen LogP contribution in [0.4, 0.5) is 11.4 Å². The second-order valence-corrected chi connectivity index (χ2v) is 4.70. The molecular formula is C15H16N4O2. The van der Waals surface area contributed by atoms with Crippen LogP contribution in [-0.2, 0) is 0 Å². The van der Waals surface area contributed by atoms with E-state index in [-0.39, 0.29) is 5.91 Å². The van der Waals surface area contributed by atoms with Crippen LogP contribution in [0.15, 0.2) is 42.6 Å². The van der Waals surface area contributed by atoms with Gasteiger partial charge in [-0.05, 0) is 30.7 Å². The number of nitrogen functional groups attached to an aromatic ring is 1.